The maximum atomic E-state index is 12.9. The van der Waals surface area contributed by atoms with Gasteiger partial charge in [0.25, 0.3) is 5.56 Å². The number of para-hydroxylation sites is 2. The van der Waals surface area contributed by atoms with E-state index in [0.717, 1.165) is 25.6 Å². The maximum absolute atomic E-state index is 12.9. The average Bonchev–Trinajstić information content (AvgIpc) is 2.55. The van der Waals surface area contributed by atoms with Gasteiger partial charge in [0.1, 0.15) is 0 Å². The van der Waals surface area contributed by atoms with Crippen LogP contribution in [0.5, 0.6) is 0 Å². The summed E-state index contributed by atoms with van der Waals surface area (Å²) in [5.41, 5.74) is 1.69. The molecule has 0 radical (unpaired) electrons. The first-order valence-corrected chi connectivity index (χ1v) is 8.12. The Morgan fingerprint density at radius 2 is 1.83 bits per heavy atom. The van der Waals surface area contributed by atoms with E-state index in [1.165, 1.54) is 0 Å². The van der Waals surface area contributed by atoms with Crippen molar-refractivity contribution in [1.82, 2.24) is 9.13 Å². The van der Waals surface area contributed by atoms with E-state index in [2.05, 4.69) is 0 Å². The number of hydrogen-bond acceptors (Lipinski definition) is 4. The summed E-state index contributed by atoms with van der Waals surface area (Å²) >= 11 is 1.57. The predicted octanol–water partition coefficient (Wildman–Crippen LogP) is 1.92. The van der Waals surface area contributed by atoms with Gasteiger partial charge in [-0.3, -0.25) is 13.9 Å². The van der Waals surface area contributed by atoms with E-state index in [4.69, 9.17) is 0 Å². The van der Waals surface area contributed by atoms with Crippen LogP contribution in [0, 0.1) is 6.92 Å². The Morgan fingerprint density at radius 1 is 1.09 bits per heavy atom. The van der Waals surface area contributed by atoms with Crippen molar-refractivity contribution < 1.29 is 5.11 Å². The molecular formula is C17H14N2O3S. The number of aryl methyl sites for hydroxylation is 1. The summed E-state index contributed by atoms with van der Waals surface area (Å²) in [6, 6.07) is 11.4. The Labute approximate surface area is 135 Å². The molecule has 0 bridgehead atoms. The Hall–Kier alpha value is -2.31. The van der Waals surface area contributed by atoms with Gasteiger partial charge < -0.3 is 5.11 Å². The summed E-state index contributed by atoms with van der Waals surface area (Å²) in [5, 5.41) is 9.71. The molecule has 3 aromatic rings. The van der Waals surface area contributed by atoms with Crippen LogP contribution in [0.15, 0.2) is 55.8 Å². The van der Waals surface area contributed by atoms with Gasteiger partial charge in [0.2, 0.25) is 0 Å². The number of hydrogen-bond donors (Lipinski definition) is 1. The summed E-state index contributed by atoms with van der Waals surface area (Å²) in [5.74, 6) is 0. The molecule has 1 aromatic heterocycles. The standard InChI is InChI=1S/C17H14N2O3S/c1-10-4-2-6-12-14(10)19-15-11(5-3-7-13(15)23-12)16(21)18(8-9-20)17(19)22/h2-7,20H,8-9H2,1H3. The second-order valence-corrected chi connectivity index (χ2v) is 6.56. The second kappa shape index (κ2) is 5.11. The lowest BCUT2D eigenvalue weighted by Crippen LogP contribution is -2.41. The zero-order chi connectivity index (χ0) is 16.1. The van der Waals surface area contributed by atoms with Gasteiger partial charge >= 0.3 is 5.69 Å². The molecule has 4 rings (SSSR count). The molecule has 1 N–H and O–H groups in total. The molecule has 1 aliphatic heterocycles. The minimum absolute atomic E-state index is 0.00775. The van der Waals surface area contributed by atoms with E-state index in [9.17, 15) is 14.7 Å². The SMILES string of the molecule is Cc1cccc2c1-n1c(=O)n(CCO)c(=O)c3cccc(c31)S2. The fourth-order valence-electron chi connectivity index (χ4n) is 3.08. The first-order valence-electron chi connectivity index (χ1n) is 7.31. The van der Waals surface area contributed by atoms with Gasteiger partial charge in [-0.2, -0.15) is 0 Å². The van der Waals surface area contributed by atoms with Crippen molar-refractivity contribution in [2.75, 3.05) is 6.61 Å². The van der Waals surface area contributed by atoms with E-state index in [0.29, 0.717) is 10.9 Å². The molecule has 0 unspecified atom stereocenters. The van der Waals surface area contributed by atoms with Crippen LogP contribution in [0.25, 0.3) is 16.6 Å². The number of nitrogens with zero attached hydrogens (tertiary/aromatic N) is 2. The fraction of sp³-hybridized carbons (Fsp3) is 0.176. The minimum atomic E-state index is -0.403. The summed E-state index contributed by atoms with van der Waals surface area (Å²) < 4.78 is 2.72. The highest BCUT2D eigenvalue weighted by Crippen LogP contribution is 2.41. The molecule has 5 nitrogen and oxygen atoms in total. The molecule has 0 saturated heterocycles. The minimum Gasteiger partial charge on any atom is -0.395 e. The van der Waals surface area contributed by atoms with Crippen LogP contribution < -0.4 is 11.2 Å². The van der Waals surface area contributed by atoms with Gasteiger partial charge in [-0.25, -0.2) is 4.79 Å². The van der Waals surface area contributed by atoms with E-state index in [1.54, 1.807) is 22.4 Å². The molecule has 116 valence electrons. The fourth-order valence-corrected chi connectivity index (χ4v) is 4.26. The molecule has 2 aromatic carbocycles. The van der Waals surface area contributed by atoms with Gasteiger partial charge in [0.15, 0.2) is 0 Å². The molecule has 0 fully saturated rings. The molecule has 2 heterocycles. The first-order chi connectivity index (χ1) is 11.1. The molecule has 6 heteroatoms. The van der Waals surface area contributed by atoms with E-state index in [-0.39, 0.29) is 18.7 Å². The predicted molar refractivity (Wildman–Crippen MR) is 89.8 cm³/mol. The Balaban J connectivity index is 2.28. The summed E-state index contributed by atoms with van der Waals surface area (Å²) in [6.07, 6.45) is 0. The van der Waals surface area contributed by atoms with Crippen molar-refractivity contribution in [3.63, 3.8) is 0 Å². The van der Waals surface area contributed by atoms with Crippen molar-refractivity contribution in [2.45, 2.75) is 23.3 Å². The van der Waals surface area contributed by atoms with Gasteiger partial charge in [0.05, 0.1) is 29.7 Å². The lowest BCUT2D eigenvalue weighted by molar-refractivity contribution is 0.271. The number of aliphatic hydroxyl groups is 1. The van der Waals surface area contributed by atoms with Crippen molar-refractivity contribution in [1.29, 1.82) is 0 Å². The lowest BCUT2D eigenvalue weighted by atomic mass is 10.1. The van der Waals surface area contributed by atoms with Gasteiger partial charge in [0, 0.05) is 9.79 Å². The van der Waals surface area contributed by atoms with Gasteiger partial charge in [-0.1, -0.05) is 30.0 Å². The highest BCUT2D eigenvalue weighted by Gasteiger charge is 2.24. The zero-order valence-corrected chi connectivity index (χ0v) is 13.3. The molecule has 0 saturated carbocycles. The lowest BCUT2D eigenvalue weighted by Gasteiger charge is -2.24. The van der Waals surface area contributed by atoms with Crippen LogP contribution in [0.4, 0.5) is 0 Å². The van der Waals surface area contributed by atoms with Crippen LogP contribution in [-0.4, -0.2) is 20.8 Å². The monoisotopic (exact) mass is 326 g/mol. The van der Waals surface area contributed by atoms with Crippen LogP contribution in [0.2, 0.25) is 0 Å². The third-order valence-corrected chi connectivity index (χ3v) is 5.19. The third kappa shape index (κ3) is 1.92. The molecule has 0 amide bonds. The topological polar surface area (TPSA) is 64.2 Å². The number of fused-ring (bicyclic) bond motifs is 2. The highest BCUT2D eigenvalue weighted by molar-refractivity contribution is 7.99. The third-order valence-electron chi connectivity index (χ3n) is 4.09. The number of rotatable bonds is 2. The Kier molecular flexibility index (Phi) is 3.18. The highest BCUT2D eigenvalue weighted by atomic mass is 32.2. The van der Waals surface area contributed by atoms with E-state index in [1.807, 2.05) is 37.3 Å². The zero-order valence-electron chi connectivity index (χ0n) is 12.4. The van der Waals surface area contributed by atoms with Crippen LogP contribution >= 0.6 is 11.8 Å². The van der Waals surface area contributed by atoms with Crippen LogP contribution in [-0.2, 0) is 6.54 Å². The van der Waals surface area contributed by atoms with E-state index < -0.39 is 5.69 Å². The quantitative estimate of drug-likeness (QED) is 0.611. The second-order valence-electron chi connectivity index (χ2n) is 5.47. The average molecular weight is 326 g/mol. The van der Waals surface area contributed by atoms with Crippen LogP contribution in [0.1, 0.15) is 5.56 Å². The molecule has 0 spiro atoms. The smallest absolute Gasteiger partial charge is 0.336 e. The number of benzene rings is 2. The first kappa shape index (κ1) is 14.3. The normalized spacial score (nSPS) is 12.4. The number of aliphatic hydroxyl groups excluding tert-OH is 1. The molecule has 0 atom stereocenters. The Morgan fingerprint density at radius 3 is 2.61 bits per heavy atom. The van der Waals surface area contributed by atoms with Gasteiger partial charge in [-0.05, 0) is 30.7 Å². The van der Waals surface area contributed by atoms with E-state index >= 15 is 0 Å². The number of aromatic nitrogens is 2. The maximum Gasteiger partial charge on any atom is 0.336 e. The molecule has 23 heavy (non-hydrogen) atoms. The van der Waals surface area contributed by atoms with Crippen molar-refractivity contribution in [3.8, 4) is 5.69 Å². The summed E-state index contributed by atoms with van der Waals surface area (Å²) in [7, 11) is 0. The largest absolute Gasteiger partial charge is 0.395 e. The van der Waals surface area contributed by atoms with Gasteiger partial charge in [-0.15, -0.1) is 0 Å². The van der Waals surface area contributed by atoms with Crippen LogP contribution in [0.3, 0.4) is 0 Å². The summed E-state index contributed by atoms with van der Waals surface area (Å²) in [4.78, 5) is 27.4. The molecule has 1 aliphatic rings. The summed E-state index contributed by atoms with van der Waals surface area (Å²) in [6.45, 7) is 1.69. The Bertz CT molecular complexity index is 1070. The molecular weight excluding hydrogens is 312 g/mol. The van der Waals surface area contributed by atoms with Crippen molar-refractivity contribution in [2.24, 2.45) is 0 Å². The van der Waals surface area contributed by atoms with Crippen molar-refractivity contribution >= 4 is 22.7 Å². The molecule has 0 aliphatic carbocycles. The van der Waals surface area contributed by atoms with Crippen molar-refractivity contribution in [3.05, 3.63) is 62.8 Å².